The second kappa shape index (κ2) is 6.93. The van der Waals surface area contributed by atoms with Crippen molar-refractivity contribution in [2.24, 2.45) is 5.92 Å². The first-order chi connectivity index (χ1) is 11.1. The molecule has 7 heteroatoms. The van der Waals surface area contributed by atoms with E-state index in [1.807, 2.05) is 4.90 Å². The van der Waals surface area contributed by atoms with Crippen molar-refractivity contribution in [3.05, 3.63) is 28.4 Å². The molecule has 2 aliphatic heterocycles. The van der Waals surface area contributed by atoms with Gasteiger partial charge in [-0.3, -0.25) is 14.9 Å². The molecule has 0 unspecified atom stereocenters. The predicted octanol–water partition coefficient (Wildman–Crippen LogP) is 2.22. The average Bonchev–Trinajstić information content (AvgIpc) is 2.58. The second-order valence-corrected chi connectivity index (χ2v) is 6.36. The summed E-state index contributed by atoms with van der Waals surface area (Å²) in [5.41, 5.74) is 0.0206. The van der Waals surface area contributed by atoms with Gasteiger partial charge in [0, 0.05) is 38.7 Å². The Bertz CT molecular complexity index is 567. The molecule has 0 saturated carbocycles. The number of pyridine rings is 1. The van der Waals surface area contributed by atoms with Crippen molar-refractivity contribution in [3.63, 3.8) is 0 Å². The van der Waals surface area contributed by atoms with Gasteiger partial charge in [0.25, 0.3) is 5.69 Å². The van der Waals surface area contributed by atoms with Crippen LogP contribution < -0.4 is 4.90 Å². The Labute approximate surface area is 135 Å². The van der Waals surface area contributed by atoms with Crippen LogP contribution >= 0.6 is 0 Å². The van der Waals surface area contributed by atoms with Crippen LogP contribution in [0.3, 0.4) is 0 Å². The fourth-order valence-electron chi connectivity index (χ4n) is 3.38. The topological polar surface area (TPSA) is 79.6 Å². The van der Waals surface area contributed by atoms with E-state index in [-0.39, 0.29) is 5.69 Å². The maximum atomic E-state index is 11.9. The summed E-state index contributed by atoms with van der Waals surface area (Å²) in [5, 5.41) is 10.7. The summed E-state index contributed by atoms with van der Waals surface area (Å²) in [6.45, 7) is 3.55. The van der Waals surface area contributed by atoms with Crippen molar-refractivity contribution in [3.8, 4) is 0 Å². The van der Waals surface area contributed by atoms with E-state index in [1.54, 1.807) is 6.07 Å². The molecule has 1 amide bonds. The molecule has 0 radical (unpaired) electrons. The number of carbonyl (C=O) groups is 1. The first kappa shape index (κ1) is 15.7. The minimum absolute atomic E-state index is 0.0206. The molecule has 2 fully saturated rings. The Morgan fingerprint density at radius 3 is 2.61 bits per heavy atom. The Morgan fingerprint density at radius 1 is 1.22 bits per heavy atom. The SMILES string of the molecule is O=C1CCCCN1CC1CCN(c2ccc([N+](=O)[O-])cn2)CC1. The molecule has 0 aromatic carbocycles. The molecule has 1 aromatic heterocycles. The number of piperidine rings is 2. The van der Waals surface area contributed by atoms with Crippen LogP contribution in [0.1, 0.15) is 32.1 Å². The lowest BCUT2D eigenvalue weighted by Gasteiger charge is -2.36. The molecule has 2 aliphatic rings. The van der Waals surface area contributed by atoms with Gasteiger partial charge >= 0.3 is 0 Å². The van der Waals surface area contributed by atoms with E-state index >= 15 is 0 Å². The quantitative estimate of drug-likeness (QED) is 0.628. The number of aromatic nitrogens is 1. The van der Waals surface area contributed by atoms with Crippen LogP contribution in [0, 0.1) is 16.0 Å². The number of amides is 1. The van der Waals surface area contributed by atoms with Crippen molar-refractivity contribution >= 4 is 17.4 Å². The zero-order chi connectivity index (χ0) is 16.2. The number of nitrogens with zero attached hydrogens (tertiary/aromatic N) is 4. The van der Waals surface area contributed by atoms with Gasteiger partial charge in [-0.25, -0.2) is 4.98 Å². The lowest BCUT2D eigenvalue weighted by molar-refractivity contribution is -0.385. The second-order valence-electron chi connectivity index (χ2n) is 6.36. The third-order valence-corrected chi connectivity index (χ3v) is 4.78. The van der Waals surface area contributed by atoms with Gasteiger partial charge in [0.05, 0.1) is 4.92 Å². The van der Waals surface area contributed by atoms with Crippen LogP contribution in [-0.2, 0) is 4.79 Å². The number of nitro groups is 1. The standard InChI is InChI=1S/C16H22N4O3/c21-16-3-1-2-8-19(16)12-13-6-9-18(10-7-13)15-5-4-14(11-17-15)20(22)23/h4-5,11,13H,1-3,6-10,12H2. The van der Waals surface area contributed by atoms with Gasteiger partial charge in [0.2, 0.25) is 5.91 Å². The summed E-state index contributed by atoms with van der Waals surface area (Å²) < 4.78 is 0. The van der Waals surface area contributed by atoms with Crippen LogP contribution in [0.15, 0.2) is 18.3 Å². The summed E-state index contributed by atoms with van der Waals surface area (Å²) in [6.07, 6.45) is 6.22. The van der Waals surface area contributed by atoms with Gasteiger partial charge in [-0.05, 0) is 37.7 Å². The van der Waals surface area contributed by atoms with Gasteiger partial charge in [0.15, 0.2) is 0 Å². The van der Waals surface area contributed by atoms with Gasteiger partial charge in [0.1, 0.15) is 12.0 Å². The molecule has 1 aromatic rings. The Hall–Kier alpha value is -2.18. The van der Waals surface area contributed by atoms with Crippen LogP contribution in [0.25, 0.3) is 0 Å². The molecule has 2 saturated heterocycles. The van der Waals surface area contributed by atoms with Gasteiger partial charge in [-0.2, -0.15) is 0 Å². The monoisotopic (exact) mass is 318 g/mol. The third kappa shape index (κ3) is 3.78. The molecule has 0 N–H and O–H groups in total. The van der Waals surface area contributed by atoms with E-state index in [0.717, 1.165) is 57.7 Å². The zero-order valence-electron chi connectivity index (χ0n) is 13.2. The van der Waals surface area contributed by atoms with Crippen LogP contribution in [-0.4, -0.2) is 46.9 Å². The fraction of sp³-hybridized carbons (Fsp3) is 0.625. The van der Waals surface area contributed by atoms with Crippen LogP contribution in [0.5, 0.6) is 0 Å². The fourth-order valence-corrected chi connectivity index (χ4v) is 3.38. The van der Waals surface area contributed by atoms with Crippen LogP contribution in [0.4, 0.5) is 11.5 Å². The van der Waals surface area contributed by atoms with E-state index in [0.29, 0.717) is 18.2 Å². The largest absolute Gasteiger partial charge is 0.357 e. The predicted molar refractivity (Wildman–Crippen MR) is 86.3 cm³/mol. The first-order valence-electron chi connectivity index (χ1n) is 8.26. The zero-order valence-corrected chi connectivity index (χ0v) is 13.2. The van der Waals surface area contributed by atoms with Crippen molar-refractivity contribution < 1.29 is 9.72 Å². The minimum Gasteiger partial charge on any atom is -0.357 e. The van der Waals surface area contributed by atoms with Crippen LogP contribution in [0.2, 0.25) is 0 Å². The highest BCUT2D eigenvalue weighted by Gasteiger charge is 2.25. The van der Waals surface area contributed by atoms with Gasteiger partial charge in [-0.1, -0.05) is 0 Å². The number of hydrogen-bond acceptors (Lipinski definition) is 5. The number of anilines is 1. The summed E-state index contributed by atoms with van der Waals surface area (Å²) >= 11 is 0. The highest BCUT2D eigenvalue weighted by molar-refractivity contribution is 5.76. The summed E-state index contributed by atoms with van der Waals surface area (Å²) in [6, 6.07) is 3.22. The molecule has 3 rings (SSSR count). The van der Waals surface area contributed by atoms with Gasteiger partial charge in [-0.15, -0.1) is 0 Å². The Morgan fingerprint density at radius 2 is 2.00 bits per heavy atom. The summed E-state index contributed by atoms with van der Waals surface area (Å²) in [5.74, 6) is 1.64. The van der Waals surface area contributed by atoms with E-state index in [1.165, 1.54) is 12.3 Å². The Kier molecular flexibility index (Phi) is 4.73. The molecule has 0 aliphatic carbocycles. The van der Waals surface area contributed by atoms with Crippen molar-refractivity contribution in [1.29, 1.82) is 0 Å². The lowest BCUT2D eigenvalue weighted by Crippen LogP contribution is -2.42. The number of rotatable bonds is 4. The molecule has 0 spiro atoms. The molecule has 124 valence electrons. The lowest BCUT2D eigenvalue weighted by atomic mass is 9.95. The van der Waals surface area contributed by atoms with Gasteiger partial charge < -0.3 is 9.80 Å². The highest BCUT2D eigenvalue weighted by atomic mass is 16.6. The molecular formula is C16H22N4O3. The van der Waals surface area contributed by atoms with E-state index in [2.05, 4.69) is 9.88 Å². The maximum absolute atomic E-state index is 11.9. The highest BCUT2D eigenvalue weighted by Crippen LogP contribution is 2.24. The number of carbonyl (C=O) groups excluding carboxylic acids is 1. The smallest absolute Gasteiger partial charge is 0.287 e. The third-order valence-electron chi connectivity index (χ3n) is 4.78. The number of hydrogen-bond donors (Lipinski definition) is 0. The molecule has 3 heterocycles. The maximum Gasteiger partial charge on any atom is 0.287 e. The molecule has 23 heavy (non-hydrogen) atoms. The van der Waals surface area contributed by atoms with Crippen molar-refractivity contribution in [2.45, 2.75) is 32.1 Å². The van der Waals surface area contributed by atoms with Crippen molar-refractivity contribution in [1.82, 2.24) is 9.88 Å². The average molecular weight is 318 g/mol. The molecular weight excluding hydrogens is 296 g/mol. The molecule has 7 nitrogen and oxygen atoms in total. The Balaban J connectivity index is 1.51. The van der Waals surface area contributed by atoms with E-state index in [9.17, 15) is 14.9 Å². The van der Waals surface area contributed by atoms with E-state index in [4.69, 9.17) is 0 Å². The first-order valence-corrected chi connectivity index (χ1v) is 8.26. The number of likely N-dealkylation sites (tertiary alicyclic amines) is 1. The molecule has 0 bridgehead atoms. The normalized spacial score (nSPS) is 19.9. The summed E-state index contributed by atoms with van der Waals surface area (Å²) in [7, 11) is 0. The summed E-state index contributed by atoms with van der Waals surface area (Å²) in [4.78, 5) is 30.5. The van der Waals surface area contributed by atoms with Crippen molar-refractivity contribution in [2.75, 3.05) is 31.1 Å². The molecule has 0 atom stereocenters. The minimum atomic E-state index is -0.432. The van der Waals surface area contributed by atoms with E-state index < -0.39 is 4.92 Å².